The van der Waals surface area contributed by atoms with E-state index in [2.05, 4.69) is 11.9 Å². The molecule has 1 fully saturated rings. The summed E-state index contributed by atoms with van der Waals surface area (Å²) in [6, 6.07) is 15.6. The molecule has 1 saturated heterocycles. The fraction of sp³-hybridized carbons (Fsp3) is 0.208. The van der Waals surface area contributed by atoms with Crippen molar-refractivity contribution in [1.29, 1.82) is 5.26 Å². The monoisotopic (exact) mass is 435 g/mol. The van der Waals surface area contributed by atoms with Gasteiger partial charge in [-0.1, -0.05) is 55.1 Å². The highest BCUT2D eigenvalue weighted by Crippen LogP contribution is 2.42. The van der Waals surface area contributed by atoms with E-state index in [1.54, 1.807) is 30.3 Å². The summed E-state index contributed by atoms with van der Waals surface area (Å²) in [4.78, 5) is 27.3. The Balaban J connectivity index is 2.04. The molecule has 0 bridgehead atoms. The third-order valence-electron chi connectivity index (χ3n) is 4.88. The second-order valence-electron chi connectivity index (χ2n) is 6.89. The van der Waals surface area contributed by atoms with Gasteiger partial charge < -0.3 is 5.32 Å². The lowest BCUT2D eigenvalue weighted by atomic mass is 10.1. The average Bonchev–Trinajstić information content (AvgIpc) is 3.10. The molecule has 0 spiro atoms. The van der Waals surface area contributed by atoms with Crippen LogP contribution in [0.15, 0.2) is 71.8 Å². The summed E-state index contributed by atoms with van der Waals surface area (Å²) in [5.74, 6) is -1.27. The summed E-state index contributed by atoms with van der Waals surface area (Å²) in [7, 11) is 0. The molecule has 0 aliphatic carbocycles. The highest BCUT2D eigenvalue weighted by molar-refractivity contribution is 8.05. The largest absolute Gasteiger partial charge is 0.348 e. The van der Waals surface area contributed by atoms with Gasteiger partial charge in [0.05, 0.1) is 5.25 Å². The second kappa shape index (κ2) is 10.1. The molecule has 1 aliphatic heterocycles. The van der Waals surface area contributed by atoms with Gasteiger partial charge in [0.25, 0.3) is 5.91 Å². The Morgan fingerprint density at radius 1 is 1.29 bits per heavy atom. The van der Waals surface area contributed by atoms with Gasteiger partial charge in [-0.15, -0.1) is 6.58 Å². The fourth-order valence-corrected chi connectivity index (χ4v) is 4.52. The Bertz CT molecular complexity index is 1070. The van der Waals surface area contributed by atoms with Crippen LogP contribution in [0, 0.1) is 17.1 Å². The molecule has 1 heterocycles. The van der Waals surface area contributed by atoms with Gasteiger partial charge in [-0.25, -0.2) is 4.39 Å². The number of hydrogen-bond donors (Lipinski definition) is 1. The molecule has 31 heavy (non-hydrogen) atoms. The highest BCUT2D eigenvalue weighted by atomic mass is 32.2. The van der Waals surface area contributed by atoms with Gasteiger partial charge in [0, 0.05) is 12.2 Å². The zero-order valence-corrected chi connectivity index (χ0v) is 17.9. The first-order valence-corrected chi connectivity index (χ1v) is 10.7. The summed E-state index contributed by atoms with van der Waals surface area (Å²) in [6.07, 6.45) is 2.50. The molecule has 5 nitrogen and oxygen atoms in total. The Morgan fingerprint density at radius 3 is 2.61 bits per heavy atom. The van der Waals surface area contributed by atoms with Crippen LogP contribution in [0.5, 0.6) is 0 Å². The number of anilines is 1. The summed E-state index contributed by atoms with van der Waals surface area (Å²) >= 11 is 1.11. The molecular weight excluding hydrogens is 413 g/mol. The Hall–Kier alpha value is -3.37. The first-order chi connectivity index (χ1) is 15.0. The van der Waals surface area contributed by atoms with Crippen LogP contribution in [0.25, 0.3) is 0 Å². The number of carbonyl (C=O) groups is 2. The van der Waals surface area contributed by atoms with E-state index in [0.717, 1.165) is 23.7 Å². The number of nitriles is 1. The standard InChI is InChI=1S/C24H22FN3O2S/c1-3-13-27-22(29)19(15-26)24-28(18-11-9-16(4-2)10-12-18)23(30)21(31-24)14-17-7-5-6-8-20(17)25/h3,5-12,21H,1,4,13-14H2,2H3,(H,27,29)/b24-19-. The van der Waals surface area contributed by atoms with Crippen LogP contribution in [-0.4, -0.2) is 23.6 Å². The zero-order chi connectivity index (χ0) is 22.4. The predicted molar refractivity (Wildman–Crippen MR) is 121 cm³/mol. The molecule has 3 rings (SSSR count). The van der Waals surface area contributed by atoms with Crippen LogP contribution < -0.4 is 10.2 Å². The predicted octanol–water partition coefficient (Wildman–Crippen LogP) is 4.12. The third kappa shape index (κ3) is 4.86. The number of aryl methyl sites for hydroxylation is 1. The van der Waals surface area contributed by atoms with Gasteiger partial charge in [-0.3, -0.25) is 14.5 Å². The zero-order valence-electron chi connectivity index (χ0n) is 17.1. The smallest absolute Gasteiger partial charge is 0.264 e. The number of nitrogens with one attached hydrogen (secondary N) is 1. The van der Waals surface area contributed by atoms with Crippen molar-refractivity contribution in [3.63, 3.8) is 0 Å². The number of halogens is 1. The topological polar surface area (TPSA) is 73.2 Å². The van der Waals surface area contributed by atoms with Gasteiger partial charge in [0.1, 0.15) is 22.5 Å². The number of rotatable bonds is 7. The van der Waals surface area contributed by atoms with E-state index in [4.69, 9.17) is 0 Å². The lowest BCUT2D eigenvalue weighted by Gasteiger charge is -2.19. The number of nitrogens with zero attached hydrogens (tertiary/aromatic N) is 2. The van der Waals surface area contributed by atoms with Crippen molar-refractivity contribution in [2.45, 2.75) is 25.0 Å². The number of carbonyl (C=O) groups excluding carboxylic acids is 2. The van der Waals surface area contributed by atoms with E-state index in [1.807, 2.05) is 25.1 Å². The summed E-state index contributed by atoms with van der Waals surface area (Å²) < 4.78 is 14.2. The first kappa shape index (κ1) is 22.3. The van der Waals surface area contributed by atoms with Crippen LogP contribution in [0.1, 0.15) is 18.1 Å². The van der Waals surface area contributed by atoms with Crippen molar-refractivity contribution < 1.29 is 14.0 Å². The molecule has 0 aromatic heterocycles. The van der Waals surface area contributed by atoms with Crippen molar-refractivity contribution in [3.8, 4) is 6.07 Å². The maximum atomic E-state index is 14.2. The fourth-order valence-electron chi connectivity index (χ4n) is 3.22. The second-order valence-corrected chi connectivity index (χ2v) is 8.08. The van der Waals surface area contributed by atoms with Gasteiger partial charge in [0.2, 0.25) is 5.91 Å². The summed E-state index contributed by atoms with van der Waals surface area (Å²) in [5.41, 5.74) is 1.91. The van der Waals surface area contributed by atoms with Crippen molar-refractivity contribution in [3.05, 3.63) is 88.7 Å². The van der Waals surface area contributed by atoms with E-state index in [9.17, 15) is 19.2 Å². The van der Waals surface area contributed by atoms with Crippen molar-refractivity contribution in [2.75, 3.05) is 11.4 Å². The quantitative estimate of drug-likeness (QED) is 0.403. The molecule has 0 radical (unpaired) electrons. The molecule has 0 saturated carbocycles. The van der Waals surface area contributed by atoms with E-state index in [-0.39, 0.29) is 29.5 Å². The highest BCUT2D eigenvalue weighted by Gasteiger charge is 2.41. The summed E-state index contributed by atoms with van der Waals surface area (Å²) in [6.45, 7) is 5.78. The average molecular weight is 436 g/mol. The molecule has 158 valence electrons. The lowest BCUT2D eigenvalue weighted by molar-refractivity contribution is -0.117. The molecule has 1 N–H and O–H groups in total. The molecular formula is C24H22FN3O2S. The maximum Gasteiger partial charge on any atom is 0.264 e. The van der Waals surface area contributed by atoms with Crippen LogP contribution in [0.3, 0.4) is 0 Å². The van der Waals surface area contributed by atoms with Crippen molar-refractivity contribution in [2.24, 2.45) is 0 Å². The number of thioether (sulfide) groups is 1. The molecule has 1 atom stereocenters. The molecule has 1 unspecified atom stereocenters. The van der Waals surface area contributed by atoms with E-state index in [1.165, 1.54) is 17.0 Å². The number of benzene rings is 2. The van der Waals surface area contributed by atoms with Crippen molar-refractivity contribution in [1.82, 2.24) is 5.32 Å². The van der Waals surface area contributed by atoms with Gasteiger partial charge in [-0.2, -0.15) is 5.26 Å². The van der Waals surface area contributed by atoms with Crippen LogP contribution in [-0.2, 0) is 22.4 Å². The number of hydrogen-bond acceptors (Lipinski definition) is 4. The van der Waals surface area contributed by atoms with Gasteiger partial charge >= 0.3 is 0 Å². The number of amides is 2. The molecule has 2 amide bonds. The lowest BCUT2D eigenvalue weighted by Crippen LogP contribution is -2.32. The van der Waals surface area contributed by atoms with Gasteiger partial charge in [-0.05, 0) is 42.2 Å². The Morgan fingerprint density at radius 2 is 2.00 bits per heavy atom. The molecule has 2 aromatic rings. The Kier molecular flexibility index (Phi) is 7.27. The van der Waals surface area contributed by atoms with E-state index < -0.39 is 17.0 Å². The Labute approximate surface area is 185 Å². The van der Waals surface area contributed by atoms with Crippen molar-refractivity contribution >= 4 is 29.3 Å². The third-order valence-corrected chi connectivity index (χ3v) is 6.14. The van der Waals surface area contributed by atoms with Gasteiger partial charge in [0.15, 0.2) is 0 Å². The van der Waals surface area contributed by atoms with E-state index >= 15 is 0 Å². The minimum atomic E-state index is -0.659. The minimum Gasteiger partial charge on any atom is -0.348 e. The maximum absolute atomic E-state index is 14.2. The van der Waals surface area contributed by atoms with Crippen LogP contribution in [0.2, 0.25) is 0 Å². The van der Waals surface area contributed by atoms with Crippen LogP contribution in [0.4, 0.5) is 10.1 Å². The SMILES string of the molecule is C=CCNC(=O)/C(C#N)=C1\SC(Cc2ccccc2F)C(=O)N1c1ccc(CC)cc1. The molecule has 2 aromatic carbocycles. The normalized spacial score (nSPS) is 17.3. The summed E-state index contributed by atoms with van der Waals surface area (Å²) in [5, 5.41) is 11.9. The van der Waals surface area contributed by atoms with Crippen LogP contribution >= 0.6 is 11.8 Å². The molecule has 1 aliphatic rings. The van der Waals surface area contributed by atoms with E-state index in [0.29, 0.717) is 11.3 Å². The first-order valence-electron chi connectivity index (χ1n) is 9.86. The molecule has 7 heteroatoms. The minimum absolute atomic E-state index is 0.149.